The van der Waals surface area contributed by atoms with E-state index in [1.54, 1.807) is 37.4 Å². The number of fused-ring (bicyclic) bond motifs is 1. The van der Waals surface area contributed by atoms with Gasteiger partial charge in [-0.15, -0.1) is 0 Å². The fourth-order valence-electron chi connectivity index (χ4n) is 5.15. The summed E-state index contributed by atoms with van der Waals surface area (Å²) in [6.45, 7) is 6.47. The second-order valence-corrected chi connectivity index (χ2v) is 10.4. The van der Waals surface area contributed by atoms with E-state index in [0.717, 1.165) is 19.3 Å². The van der Waals surface area contributed by atoms with Gasteiger partial charge in [0.15, 0.2) is 23.0 Å². The van der Waals surface area contributed by atoms with Crippen LogP contribution in [0.5, 0.6) is 23.0 Å². The Morgan fingerprint density at radius 2 is 1.85 bits per heavy atom. The molecule has 2 aromatic rings. The Kier molecular flexibility index (Phi) is 7.97. The number of carbonyl (C=O) groups is 2. The molecule has 9 heteroatoms. The van der Waals surface area contributed by atoms with Crippen molar-refractivity contribution >= 4 is 17.4 Å². The van der Waals surface area contributed by atoms with Gasteiger partial charge in [0.1, 0.15) is 19.0 Å². The van der Waals surface area contributed by atoms with E-state index in [1.807, 2.05) is 6.07 Å². The molecule has 0 bridgehead atoms. The van der Waals surface area contributed by atoms with Gasteiger partial charge in [-0.3, -0.25) is 9.59 Å². The first-order valence-corrected chi connectivity index (χ1v) is 13.5. The lowest BCUT2D eigenvalue weighted by molar-refractivity contribution is -0.140. The standard InChI is InChI=1S/C30H35NO8/c1-18(2)10-12-37-22-8-6-19(15-24(22)35-3)27-26(29(33)30(34)31(27)17-21-5-4-11-36-21)28(32)20-7-9-23-25(16-20)39-14-13-38-23/h6-9,15-16,18,21,27,32H,4-5,10-14,17H2,1-3H3. The number of nitrogens with zero attached hydrogens (tertiary/aromatic N) is 1. The van der Waals surface area contributed by atoms with Crippen molar-refractivity contribution < 1.29 is 38.4 Å². The van der Waals surface area contributed by atoms with Gasteiger partial charge in [0, 0.05) is 18.7 Å². The normalized spacial score (nSPS) is 22.0. The van der Waals surface area contributed by atoms with E-state index in [2.05, 4.69) is 13.8 Å². The lowest BCUT2D eigenvalue weighted by Gasteiger charge is -2.28. The Morgan fingerprint density at radius 1 is 1.05 bits per heavy atom. The minimum Gasteiger partial charge on any atom is -0.507 e. The van der Waals surface area contributed by atoms with Gasteiger partial charge in [-0.05, 0) is 61.1 Å². The molecule has 2 fully saturated rings. The smallest absolute Gasteiger partial charge is 0.295 e. The maximum atomic E-state index is 13.4. The van der Waals surface area contributed by atoms with Crippen molar-refractivity contribution in [3.8, 4) is 23.0 Å². The van der Waals surface area contributed by atoms with Gasteiger partial charge in [0.05, 0.1) is 31.4 Å². The molecule has 3 heterocycles. The molecule has 0 aliphatic carbocycles. The summed E-state index contributed by atoms with van der Waals surface area (Å²) in [4.78, 5) is 28.3. The molecule has 2 unspecified atom stereocenters. The van der Waals surface area contributed by atoms with Crippen LogP contribution in [0.1, 0.15) is 50.3 Å². The summed E-state index contributed by atoms with van der Waals surface area (Å²) in [7, 11) is 1.55. The number of ketones is 1. The van der Waals surface area contributed by atoms with Crippen molar-refractivity contribution in [1.29, 1.82) is 0 Å². The fourth-order valence-corrected chi connectivity index (χ4v) is 5.15. The number of methoxy groups -OCH3 is 1. The maximum Gasteiger partial charge on any atom is 0.295 e. The summed E-state index contributed by atoms with van der Waals surface area (Å²) < 4.78 is 28.6. The molecule has 9 nitrogen and oxygen atoms in total. The number of amides is 1. The molecule has 3 aliphatic heterocycles. The third-order valence-corrected chi connectivity index (χ3v) is 7.24. The molecule has 5 rings (SSSR count). The van der Waals surface area contributed by atoms with E-state index < -0.39 is 17.7 Å². The van der Waals surface area contributed by atoms with Gasteiger partial charge in [-0.2, -0.15) is 0 Å². The summed E-state index contributed by atoms with van der Waals surface area (Å²) in [5.74, 6) is 0.885. The second kappa shape index (κ2) is 11.6. The lowest BCUT2D eigenvalue weighted by atomic mass is 9.94. The SMILES string of the molecule is COc1cc(C2C(=C(O)c3ccc4c(c3)OCCO4)C(=O)C(=O)N2CC2CCCO2)ccc1OCCC(C)C. The highest BCUT2D eigenvalue weighted by Crippen LogP contribution is 2.43. The summed E-state index contributed by atoms with van der Waals surface area (Å²) in [6, 6.07) is 9.49. The second-order valence-electron chi connectivity index (χ2n) is 10.4. The van der Waals surface area contributed by atoms with Crippen LogP contribution in [0, 0.1) is 5.92 Å². The van der Waals surface area contributed by atoms with E-state index in [9.17, 15) is 14.7 Å². The number of likely N-dealkylation sites (tertiary alicyclic amines) is 1. The zero-order valence-electron chi connectivity index (χ0n) is 22.6. The molecular formula is C30H35NO8. The Labute approximate surface area is 228 Å². The molecule has 2 aromatic carbocycles. The van der Waals surface area contributed by atoms with Crippen molar-refractivity contribution in [3.05, 3.63) is 53.1 Å². The van der Waals surface area contributed by atoms with Gasteiger partial charge in [-0.1, -0.05) is 19.9 Å². The molecule has 1 amide bonds. The number of hydrogen-bond acceptors (Lipinski definition) is 8. The van der Waals surface area contributed by atoms with Gasteiger partial charge >= 0.3 is 0 Å². The Bertz CT molecular complexity index is 1260. The van der Waals surface area contributed by atoms with Crippen LogP contribution in [0.4, 0.5) is 0 Å². The first-order chi connectivity index (χ1) is 18.9. The number of rotatable bonds is 9. The van der Waals surface area contributed by atoms with Crippen molar-refractivity contribution in [2.45, 2.75) is 45.3 Å². The molecule has 208 valence electrons. The number of aliphatic hydroxyl groups is 1. The number of hydrogen-bond donors (Lipinski definition) is 1. The molecule has 2 saturated heterocycles. The number of carbonyl (C=O) groups excluding carboxylic acids is 2. The number of aliphatic hydroxyl groups excluding tert-OH is 1. The summed E-state index contributed by atoms with van der Waals surface area (Å²) in [6.07, 6.45) is 2.40. The molecule has 0 spiro atoms. The van der Waals surface area contributed by atoms with Crippen LogP contribution in [0.15, 0.2) is 42.0 Å². The minimum absolute atomic E-state index is 0.00482. The van der Waals surface area contributed by atoms with Gasteiger partial charge < -0.3 is 33.7 Å². The van der Waals surface area contributed by atoms with Gasteiger partial charge in [0.25, 0.3) is 11.7 Å². The third-order valence-electron chi connectivity index (χ3n) is 7.24. The number of Topliss-reactive ketones (excluding diaryl/α,β-unsaturated/α-hetero) is 1. The summed E-state index contributed by atoms with van der Waals surface area (Å²) in [5.41, 5.74) is 0.990. The molecular weight excluding hydrogens is 502 g/mol. The number of benzene rings is 2. The molecule has 1 N–H and O–H groups in total. The topological polar surface area (TPSA) is 104 Å². The Hall–Kier alpha value is -3.72. The highest BCUT2D eigenvalue weighted by molar-refractivity contribution is 6.46. The van der Waals surface area contributed by atoms with Crippen molar-refractivity contribution in [2.75, 3.05) is 40.1 Å². The first kappa shape index (κ1) is 26.9. The van der Waals surface area contributed by atoms with Crippen LogP contribution in [0.3, 0.4) is 0 Å². The molecule has 0 aromatic heterocycles. The van der Waals surface area contributed by atoms with E-state index >= 15 is 0 Å². The third kappa shape index (κ3) is 5.54. The minimum atomic E-state index is -0.832. The average molecular weight is 538 g/mol. The molecule has 0 radical (unpaired) electrons. The van der Waals surface area contributed by atoms with Crippen LogP contribution in [-0.2, 0) is 14.3 Å². The Balaban J connectivity index is 1.56. The summed E-state index contributed by atoms with van der Waals surface area (Å²) >= 11 is 0. The molecule has 39 heavy (non-hydrogen) atoms. The quantitative estimate of drug-likeness (QED) is 0.284. The predicted octanol–water partition coefficient (Wildman–Crippen LogP) is 4.49. The van der Waals surface area contributed by atoms with Crippen LogP contribution in [0.2, 0.25) is 0 Å². The first-order valence-electron chi connectivity index (χ1n) is 13.5. The van der Waals surface area contributed by atoms with E-state index in [0.29, 0.717) is 66.5 Å². The van der Waals surface area contributed by atoms with Crippen molar-refractivity contribution in [2.24, 2.45) is 5.92 Å². The van der Waals surface area contributed by atoms with Crippen molar-refractivity contribution in [1.82, 2.24) is 4.90 Å². The van der Waals surface area contributed by atoms with Crippen LogP contribution in [0.25, 0.3) is 5.76 Å². The molecule has 2 atom stereocenters. The van der Waals surface area contributed by atoms with Crippen molar-refractivity contribution in [3.63, 3.8) is 0 Å². The van der Waals surface area contributed by atoms with Crippen LogP contribution < -0.4 is 18.9 Å². The van der Waals surface area contributed by atoms with E-state index in [4.69, 9.17) is 23.7 Å². The zero-order valence-corrected chi connectivity index (χ0v) is 22.6. The molecule has 0 saturated carbocycles. The van der Waals surface area contributed by atoms with Gasteiger partial charge in [-0.25, -0.2) is 0 Å². The summed E-state index contributed by atoms with van der Waals surface area (Å²) in [5, 5.41) is 11.5. The largest absolute Gasteiger partial charge is 0.507 e. The lowest BCUT2D eigenvalue weighted by Crippen LogP contribution is -2.36. The van der Waals surface area contributed by atoms with E-state index in [1.165, 1.54) is 4.90 Å². The monoisotopic (exact) mass is 537 g/mol. The predicted molar refractivity (Wildman–Crippen MR) is 143 cm³/mol. The Morgan fingerprint density at radius 3 is 2.56 bits per heavy atom. The van der Waals surface area contributed by atoms with E-state index in [-0.39, 0.29) is 24.0 Å². The van der Waals surface area contributed by atoms with Crippen LogP contribution >= 0.6 is 0 Å². The van der Waals surface area contributed by atoms with Gasteiger partial charge in [0.2, 0.25) is 0 Å². The maximum absolute atomic E-state index is 13.4. The average Bonchev–Trinajstić information content (AvgIpc) is 3.55. The fraction of sp³-hybridized carbons (Fsp3) is 0.467. The highest BCUT2D eigenvalue weighted by atomic mass is 16.6. The molecule has 3 aliphatic rings. The highest BCUT2D eigenvalue weighted by Gasteiger charge is 2.47. The zero-order chi connectivity index (χ0) is 27.5. The number of ether oxygens (including phenoxy) is 5. The van der Waals surface area contributed by atoms with Crippen LogP contribution in [-0.4, -0.2) is 67.9 Å².